The lowest BCUT2D eigenvalue weighted by atomic mass is 10.1. The number of rotatable bonds is 4. The van der Waals surface area contributed by atoms with E-state index in [1.165, 1.54) is 23.3 Å². The number of amides is 3. The third kappa shape index (κ3) is 2.43. The molecule has 0 bridgehead atoms. The number of aryl methyl sites for hydroxylation is 1. The molecule has 1 aliphatic heterocycles. The molecule has 0 spiro atoms. The van der Waals surface area contributed by atoms with Crippen molar-refractivity contribution in [2.45, 2.75) is 19.4 Å². The molecule has 1 atom stereocenters. The highest BCUT2D eigenvalue weighted by Crippen LogP contribution is 2.34. The summed E-state index contributed by atoms with van der Waals surface area (Å²) >= 11 is 1.46. The maximum Gasteiger partial charge on any atom is 0.329 e. The van der Waals surface area contributed by atoms with Gasteiger partial charge < -0.3 is 10.1 Å². The number of hydrogen-bond donors (Lipinski definition) is 1. The van der Waals surface area contributed by atoms with Gasteiger partial charge in [0.1, 0.15) is 11.8 Å². The number of urea groups is 1. The number of benzene rings is 1. The van der Waals surface area contributed by atoms with Crippen molar-refractivity contribution in [3.05, 3.63) is 40.3 Å². The lowest BCUT2D eigenvalue weighted by molar-refractivity contribution is -0.118. The highest BCUT2D eigenvalue weighted by atomic mass is 32.1. The Balaban J connectivity index is 1.92. The van der Waals surface area contributed by atoms with E-state index in [1.807, 2.05) is 19.1 Å². The van der Waals surface area contributed by atoms with Crippen LogP contribution in [0.2, 0.25) is 0 Å². The van der Waals surface area contributed by atoms with Crippen molar-refractivity contribution in [2.24, 2.45) is 0 Å². The summed E-state index contributed by atoms with van der Waals surface area (Å²) in [7, 11) is 1.52. The van der Waals surface area contributed by atoms with E-state index in [2.05, 4.69) is 10.3 Å². The second-order valence-corrected chi connectivity index (χ2v) is 5.94. The third-order valence-electron chi connectivity index (χ3n) is 3.55. The van der Waals surface area contributed by atoms with Crippen molar-refractivity contribution >= 4 is 29.0 Å². The predicted molar refractivity (Wildman–Crippen MR) is 83.4 cm³/mol. The average Bonchev–Trinajstić information content (AvgIpc) is 3.09. The van der Waals surface area contributed by atoms with Crippen LogP contribution in [-0.4, -0.2) is 30.1 Å². The lowest BCUT2D eigenvalue weighted by Crippen LogP contribution is -2.33. The first-order valence-corrected chi connectivity index (χ1v) is 7.65. The number of para-hydroxylation sites is 1. The van der Waals surface area contributed by atoms with Crippen LogP contribution in [0, 0.1) is 6.92 Å². The lowest BCUT2D eigenvalue weighted by Gasteiger charge is -2.18. The summed E-state index contributed by atoms with van der Waals surface area (Å²) in [6, 6.07) is 4.41. The van der Waals surface area contributed by atoms with Crippen molar-refractivity contribution in [1.29, 1.82) is 0 Å². The minimum Gasteiger partial charge on any atom is -0.495 e. The molecule has 2 heterocycles. The van der Waals surface area contributed by atoms with Crippen molar-refractivity contribution in [3.63, 3.8) is 0 Å². The molecule has 3 rings (SSSR count). The van der Waals surface area contributed by atoms with Gasteiger partial charge in [-0.25, -0.2) is 9.69 Å². The van der Waals surface area contributed by atoms with Gasteiger partial charge in [-0.3, -0.25) is 9.78 Å². The van der Waals surface area contributed by atoms with E-state index in [0.717, 1.165) is 10.4 Å². The second-order valence-electron chi connectivity index (χ2n) is 4.97. The van der Waals surface area contributed by atoms with E-state index in [0.29, 0.717) is 17.9 Å². The molecule has 1 fully saturated rings. The summed E-state index contributed by atoms with van der Waals surface area (Å²) in [6.07, 6.45) is 2.15. The van der Waals surface area contributed by atoms with E-state index < -0.39 is 12.1 Å². The molecule has 7 heteroatoms. The molecular weight excluding hydrogens is 302 g/mol. The molecule has 1 aromatic carbocycles. The Morgan fingerprint density at radius 1 is 1.41 bits per heavy atom. The predicted octanol–water partition coefficient (Wildman–Crippen LogP) is 2.13. The third-order valence-corrected chi connectivity index (χ3v) is 4.35. The SMILES string of the molecule is COc1cccc(C)c1N1C(=O)NC(Cc2cncs2)C1=O. The number of thiazole rings is 1. The molecule has 0 aliphatic carbocycles. The van der Waals surface area contributed by atoms with Crippen LogP contribution in [0.5, 0.6) is 5.75 Å². The first-order chi connectivity index (χ1) is 10.6. The average molecular weight is 317 g/mol. The number of methoxy groups -OCH3 is 1. The van der Waals surface area contributed by atoms with Gasteiger partial charge in [0, 0.05) is 17.5 Å². The summed E-state index contributed by atoms with van der Waals surface area (Å²) in [6.45, 7) is 1.84. The highest BCUT2D eigenvalue weighted by molar-refractivity contribution is 7.09. The zero-order valence-corrected chi connectivity index (χ0v) is 13.0. The van der Waals surface area contributed by atoms with Crippen LogP contribution in [0.4, 0.5) is 10.5 Å². The van der Waals surface area contributed by atoms with Crippen LogP contribution in [0.1, 0.15) is 10.4 Å². The number of aromatic nitrogens is 1. The molecule has 2 aromatic rings. The largest absolute Gasteiger partial charge is 0.495 e. The number of hydrogen-bond acceptors (Lipinski definition) is 5. The number of nitrogens with one attached hydrogen (secondary N) is 1. The molecule has 1 N–H and O–H groups in total. The first-order valence-electron chi connectivity index (χ1n) is 6.77. The topological polar surface area (TPSA) is 71.5 Å². The Bertz CT molecular complexity index is 715. The molecule has 22 heavy (non-hydrogen) atoms. The fourth-order valence-electron chi connectivity index (χ4n) is 2.51. The molecular formula is C15H15N3O3S. The number of nitrogens with zero attached hydrogens (tertiary/aromatic N) is 2. The van der Waals surface area contributed by atoms with E-state index >= 15 is 0 Å². The van der Waals surface area contributed by atoms with Gasteiger partial charge in [-0.1, -0.05) is 12.1 Å². The zero-order valence-electron chi connectivity index (χ0n) is 12.2. The summed E-state index contributed by atoms with van der Waals surface area (Å²) in [5.41, 5.74) is 3.01. The van der Waals surface area contributed by atoms with Gasteiger partial charge in [0.2, 0.25) is 0 Å². The number of ether oxygens (including phenoxy) is 1. The molecule has 6 nitrogen and oxygen atoms in total. The van der Waals surface area contributed by atoms with Crippen LogP contribution in [-0.2, 0) is 11.2 Å². The van der Waals surface area contributed by atoms with Crippen molar-refractivity contribution in [1.82, 2.24) is 10.3 Å². The molecule has 1 aliphatic rings. The number of carbonyl (C=O) groups is 2. The zero-order chi connectivity index (χ0) is 15.7. The summed E-state index contributed by atoms with van der Waals surface area (Å²) in [5.74, 6) is 0.230. The Morgan fingerprint density at radius 2 is 2.23 bits per heavy atom. The molecule has 0 radical (unpaired) electrons. The fourth-order valence-corrected chi connectivity index (χ4v) is 3.15. The summed E-state index contributed by atoms with van der Waals surface area (Å²) in [5, 5.41) is 2.73. The van der Waals surface area contributed by atoms with Gasteiger partial charge in [-0.15, -0.1) is 11.3 Å². The molecule has 1 saturated heterocycles. The standard InChI is InChI=1S/C15H15N3O3S/c1-9-4-3-5-12(21-2)13(9)18-14(19)11(17-15(18)20)6-10-7-16-8-22-10/h3-5,7-8,11H,6H2,1-2H3,(H,17,20). The van der Waals surface area contributed by atoms with Crippen molar-refractivity contribution in [3.8, 4) is 5.75 Å². The van der Waals surface area contributed by atoms with Gasteiger partial charge in [0.25, 0.3) is 5.91 Å². The smallest absolute Gasteiger partial charge is 0.329 e. The summed E-state index contributed by atoms with van der Waals surface area (Å²) < 4.78 is 5.29. The molecule has 114 valence electrons. The summed E-state index contributed by atoms with van der Waals surface area (Å²) in [4.78, 5) is 31.0. The minimum absolute atomic E-state index is 0.272. The van der Waals surface area contributed by atoms with Gasteiger partial charge in [-0.2, -0.15) is 0 Å². The van der Waals surface area contributed by atoms with Gasteiger partial charge in [0.15, 0.2) is 0 Å². The Morgan fingerprint density at radius 3 is 2.91 bits per heavy atom. The van der Waals surface area contributed by atoms with Crippen LogP contribution in [0.25, 0.3) is 0 Å². The first kappa shape index (κ1) is 14.5. The van der Waals surface area contributed by atoms with E-state index in [1.54, 1.807) is 17.8 Å². The molecule has 0 saturated carbocycles. The molecule has 1 unspecified atom stereocenters. The fraction of sp³-hybridized carbons (Fsp3) is 0.267. The number of anilines is 1. The van der Waals surface area contributed by atoms with Gasteiger partial charge in [0.05, 0.1) is 18.3 Å². The minimum atomic E-state index is -0.572. The van der Waals surface area contributed by atoms with E-state index in [-0.39, 0.29) is 5.91 Å². The Kier molecular flexibility index (Phi) is 3.81. The molecule has 1 aromatic heterocycles. The van der Waals surface area contributed by atoms with Crippen LogP contribution < -0.4 is 15.0 Å². The van der Waals surface area contributed by atoms with E-state index in [9.17, 15) is 9.59 Å². The number of carbonyl (C=O) groups excluding carboxylic acids is 2. The van der Waals surface area contributed by atoms with Crippen LogP contribution in [0.15, 0.2) is 29.9 Å². The van der Waals surface area contributed by atoms with Gasteiger partial charge >= 0.3 is 6.03 Å². The number of imide groups is 1. The molecule has 3 amide bonds. The van der Waals surface area contributed by atoms with Crippen molar-refractivity contribution in [2.75, 3.05) is 12.0 Å². The highest BCUT2D eigenvalue weighted by Gasteiger charge is 2.41. The van der Waals surface area contributed by atoms with E-state index in [4.69, 9.17) is 4.74 Å². The Labute approximate surface area is 131 Å². The quantitative estimate of drug-likeness (QED) is 0.877. The second kappa shape index (κ2) is 5.76. The maximum absolute atomic E-state index is 12.6. The monoisotopic (exact) mass is 317 g/mol. The normalized spacial score (nSPS) is 17.7. The van der Waals surface area contributed by atoms with Crippen LogP contribution in [0.3, 0.4) is 0 Å². The Hall–Kier alpha value is -2.41. The maximum atomic E-state index is 12.6. The van der Waals surface area contributed by atoms with Crippen LogP contribution >= 0.6 is 11.3 Å². The van der Waals surface area contributed by atoms with Crippen molar-refractivity contribution < 1.29 is 14.3 Å². The van der Waals surface area contributed by atoms with Gasteiger partial charge in [-0.05, 0) is 18.6 Å².